The van der Waals surface area contributed by atoms with Gasteiger partial charge in [0.25, 0.3) is 0 Å². The van der Waals surface area contributed by atoms with Crippen molar-refractivity contribution in [2.24, 2.45) is 0 Å². The van der Waals surface area contributed by atoms with Crippen LogP contribution in [-0.2, 0) is 34.5 Å². The van der Waals surface area contributed by atoms with Gasteiger partial charge in [0.2, 0.25) is 6.79 Å². The number of phenols is 2. The third-order valence-electron chi connectivity index (χ3n) is 12.5. The number of fused-ring (bicyclic) bond motifs is 9. The van der Waals surface area contributed by atoms with Crippen LogP contribution in [0, 0.1) is 20.8 Å². The molecule has 270 valence electrons. The Morgan fingerprint density at radius 1 is 1.04 bits per heavy atom. The Hall–Kier alpha value is -3.72. The summed E-state index contributed by atoms with van der Waals surface area (Å²) in [5, 5.41) is 48.4. The molecule has 2 fully saturated rings. The number of phenolic OH excluding ortho intramolecular Hbond substituents is 1. The molecular formula is C38H43N3O9S. The monoisotopic (exact) mass is 717 g/mol. The van der Waals surface area contributed by atoms with Crippen molar-refractivity contribution in [1.29, 1.82) is 0 Å². The Kier molecular flexibility index (Phi) is 7.56. The van der Waals surface area contributed by atoms with Gasteiger partial charge in [-0.1, -0.05) is 6.07 Å². The van der Waals surface area contributed by atoms with Crippen molar-refractivity contribution in [3.8, 4) is 28.7 Å². The van der Waals surface area contributed by atoms with Crippen LogP contribution in [0.5, 0.6) is 28.7 Å². The second kappa shape index (κ2) is 11.6. The smallest absolute Gasteiger partial charge is 0.331 e. The molecule has 7 aliphatic heterocycles. The number of methoxy groups -OCH3 is 1. The van der Waals surface area contributed by atoms with E-state index < -0.39 is 23.8 Å². The van der Waals surface area contributed by atoms with E-state index in [4.69, 9.17) is 18.9 Å². The van der Waals surface area contributed by atoms with Crippen molar-refractivity contribution in [2.45, 2.75) is 81.4 Å². The SMILES string of the molecule is COc1c(C)cc2c(c1O)[C@@H]1[C@@H]3[C@@H]4SC[C@]5(NCCc6cc(O)c(CO)cc65)C(=O)OC[C@@H](c5c6c(c(C)c(C)c54)OCO6)N3[C@@H](O)[C@H](C2)N1C. The number of hydrogen-bond donors (Lipinski definition) is 5. The Balaban J connectivity index is 1.29. The third-order valence-corrected chi connectivity index (χ3v) is 13.9. The van der Waals surface area contributed by atoms with Crippen molar-refractivity contribution < 1.29 is 44.2 Å². The van der Waals surface area contributed by atoms with E-state index in [2.05, 4.69) is 28.1 Å². The lowest BCUT2D eigenvalue weighted by Gasteiger charge is -2.62. The molecule has 4 bridgehead atoms. The molecule has 10 rings (SSSR count). The predicted octanol–water partition coefficient (Wildman–Crippen LogP) is 3.28. The molecule has 0 aromatic heterocycles. The first-order valence-electron chi connectivity index (χ1n) is 17.5. The second-order valence-electron chi connectivity index (χ2n) is 14.7. The minimum atomic E-state index is -1.27. The number of aliphatic hydroxyl groups is 2. The van der Waals surface area contributed by atoms with Gasteiger partial charge in [0.1, 0.15) is 18.6 Å². The first-order chi connectivity index (χ1) is 24.5. The number of thioether (sulfide) groups is 1. The van der Waals surface area contributed by atoms with Gasteiger partial charge in [-0.3, -0.25) is 15.1 Å². The van der Waals surface area contributed by atoms with Crippen LogP contribution >= 0.6 is 11.8 Å². The average molecular weight is 718 g/mol. The number of carbonyl (C=O) groups is 1. The van der Waals surface area contributed by atoms with Gasteiger partial charge >= 0.3 is 5.97 Å². The lowest BCUT2D eigenvalue weighted by molar-refractivity contribution is -0.186. The number of nitrogens with zero attached hydrogens (tertiary/aromatic N) is 2. The summed E-state index contributed by atoms with van der Waals surface area (Å²) in [6.07, 6.45) is 0.168. The number of aliphatic hydroxyl groups excluding tert-OH is 2. The molecule has 0 radical (unpaired) electrons. The molecule has 5 N–H and O–H groups in total. The molecule has 7 atom stereocenters. The second-order valence-corrected chi connectivity index (χ2v) is 15.9. The zero-order valence-electron chi connectivity index (χ0n) is 29.3. The first kappa shape index (κ1) is 33.1. The van der Waals surface area contributed by atoms with Gasteiger partial charge in [0.15, 0.2) is 28.5 Å². The summed E-state index contributed by atoms with van der Waals surface area (Å²) < 4.78 is 24.4. The predicted molar refractivity (Wildman–Crippen MR) is 187 cm³/mol. The van der Waals surface area contributed by atoms with Crippen LogP contribution in [-0.4, -0.2) is 94.4 Å². The van der Waals surface area contributed by atoms with Crippen LogP contribution in [0.2, 0.25) is 0 Å². The van der Waals surface area contributed by atoms with Gasteiger partial charge in [-0.05, 0) is 91.7 Å². The largest absolute Gasteiger partial charge is 0.508 e. The van der Waals surface area contributed by atoms with Crippen molar-refractivity contribution in [1.82, 2.24) is 15.1 Å². The fraction of sp³-hybridized carbons (Fsp3) is 0.500. The van der Waals surface area contributed by atoms with E-state index in [0.717, 1.165) is 44.5 Å². The van der Waals surface area contributed by atoms with Gasteiger partial charge in [-0.15, -0.1) is 11.8 Å². The molecule has 0 amide bonds. The van der Waals surface area contributed by atoms with Gasteiger partial charge in [0, 0.05) is 40.3 Å². The number of benzene rings is 3. The molecule has 3 aromatic rings. The summed E-state index contributed by atoms with van der Waals surface area (Å²) >= 11 is 1.61. The topological polar surface area (TPSA) is 153 Å². The maximum absolute atomic E-state index is 14.6. The van der Waals surface area contributed by atoms with E-state index in [1.165, 1.54) is 0 Å². The van der Waals surface area contributed by atoms with Crippen molar-refractivity contribution in [3.05, 3.63) is 73.8 Å². The summed E-state index contributed by atoms with van der Waals surface area (Å²) in [4.78, 5) is 18.9. The number of likely N-dealkylation sites (N-methyl/N-ethyl adjacent to an activating group) is 1. The number of carbonyl (C=O) groups excluding carboxylic acids is 1. The lowest BCUT2D eigenvalue weighted by atomic mass is 9.72. The van der Waals surface area contributed by atoms with E-state index in [1.54, 1.807) is 31.0 Å². The fourth-order valence-electron chi connectivity index (χ4n) is 9.98. The Bertz CT molecular complexity index is 2010. The van der Waals surface area contributed by atoms with Crippen LogP contribution in [0.4, 0.5) is 0 Å². The van der Waals surface area contributed by atoms with Crippen molar-refractivity contribution in [2.75, 3.05) is 39.9 Å². The minimum Gasteiger partial charge on any atom is -0.508 e. The summed E-state index contributed by atoms with van der Waals surface area (Å²) in [6.45, 7) is 6.17. The highest BCUT2D eigenvalue weighted by atomic mass is 32.2. The van der Waals surface area contributed by atoms with Crippen LogP contribution < -0.4 is 19.5 Å². The Morgan fingerprint density at radius 2 is 1.82 bits per heavy atom. The van der Waals surface area contributed by atoms with Gasteiger partial charge in [0.05, 0.1) is 31.8 Å². The number of hydrogen-bond acceptors (Lipinski definition) is 13. The van der Waals surface area contributed by atoms with E-state index in [-0.39, 0.29) is 60.6 Å². The molecule has 1 spiro atoms. The summed E-state index contributed by atoms with van der Waals surface area (Å²) in [6, 6.07) is 3.80. The van der Waals surface area contributed by atoms with E-state index >= 15 is 0 Å². The molecule has 0 aliphatic carbocycles. The summed E-state index contributed by atoms with van der Waals surface area (Å²) in [5.74, 6) is 1.63. The average Bonchev–Trinajstić information content (AvgIpc) is 3.60. The fourth-order valence-corrected chi connectivity index (χ4v) is 11.7. The van der Waals surface area contributed by atoms with Crippen molar-refractivity contribution >= 4 is 17.7 Å². The molecule has 2 saturated heterocycles. The number of esters is 1. The standard InChI is InChI=1S/C38H43N3O9S/c1-16-8-20-10-23-36(45)41-24-13-48-37(46)38(22-9-21(12-42)25(43)11-19(22)6-7-39-38)14-51-35(26-17(2)18(3)33-34(28(24)26)50-15-49-33)30(41)29(40(23)4)27(20)31(44)32(16)47-5/h8-9,11,23-24,29-30,35-36,39,42-45H,6-7,10,12-15H2,1-5H3/t23-,24-,29+,30+,35+,36-,38+/m0/s1. The molecule has 7 heterocycles. The van der Waals surface area contributed by atoms with Crippen LogP contribution in [0.25, 0.3) is 0 Å². The number of piperazine rings is 1. The maximum atomic E-state index is 14.6. The van der Waals surface area contributed by atoms with Crippen molar-refractivity contribution in [3.63, 3.8) is 0 Å². The molecule has 51 heavy (non-hydrogen) atoms. The highest BCUT2D eigenvalue weighted by Gasteiger charge is 2.61. The molecule has 13 heteroatoms. The molecule has 0 saturated carbocycles. The summed E-state index contributed by atoms with van der Waals surface area (Å²) in [5.41, 5.74) is 7.11. The summed E-state index contributed by atoms with van der Waals surface area (Å²) in [7, 11) is 3.58. The molecular weight excluding hydrogens is 674 g/mol. The first-order valence-corrected chi connectivity index (χ1v) is 18.6. The quantitative estimate of drug-likeness (QED) is 0.247. The van der Waals surface area contributed by atoms with Crippen LogP contribution in [0.3, 0.4) is 0 Å². The van der Waals surface area contributed by atoms with Crippen LogP contribution in [0.1, 0.15) is 73.0 Å². The highest BCUT2D eigenvalue weighted by Crippen LogP contribution is 2.63. The lowest BCUT2D eigenvalue weighted by Crippen LogP contribution is -2.70. The normalized spacial score (nSPS) is 30.7. The minimum absolute atomic E-state index is 0.00444. The van der Waals surface area contributed by atoms with Gasteiger partial charge in [-0.25, -0.2) is 4.79 Å². The van der Waals surface area contributed by atoms with E-state index in [1.807, 2.05) is 20.9 Å². The van der Waals surface area contributed by atoms with E-state index in [9.17, 15) is 25.2 Å². The van der Waals surface area contributed by atoms with E-state index in [0.29, 0.717) is 47.8 Å². The number of ether oxygens (including phenoxy) is 4. The number of aryl methyl sites for hydroxylation is 1. The zero-order valence-corrected chi connectivity index (χ0v) is 30.1. The molecule has 7 aliphatic rings. The van der Waals surface area contributed by atoms with Crippen LogP contribution in [0.15, 0.2) is 18.2 Å². The highest BCUT2D eigenvalue weighted by molar-refractivity contribution is 7.99. The number of rotatable bonds is 2. The number of nitrogens with one attached hydrogen (secondary N) is 1. The number of aromatic hydroxyl groups is 2. The third kappa shape index (κ3) is 4.36. The Labute approximate surface area is 300 Å². The molecule has 0 unspecified atom stereocenters. The Morgan fingerprint density at radius 3 is 2.59 bits per heavy atom. The molecule has 3 aromatic carbocycles. The molecule has 12 nitrogen and oxygen atoms in total. The van der Waals surface area contributed by atoms with Gasteiger partial charge < -0.3 is 39.4 Å². The van der Waals surface area contributed by atoms with Gasteiger partial charge in [-0.2, -0.15) is 0 Å². The maximum Gasteiger partial charge on any atom is 0.331 e. The zero-order chi connectivity index (χ0) is 35.7.